The molecule has 0 saturated carbocycles. The predicted molar refractivity (Wildman–Crippen MR) is 73.3 cm³/mol. The minimum absolute atomic E-state index is 0.000661. The maximum Gasteiger partial charge on any atom is 0.236 e. The van der Waals surface area contributed by atoms with Gasteiger partial charge in [0.25, 0.3) is 0 Å². The molecule has 1 atom stereocenters. The zero-order valence-electron chi connectivity index (χ0n) is 9.10. The van der Waals surface area contributed by atoms with Gasteiger partial charge in [-0.25, -0.2) is 13.4 Å². The number of rotatable bonds is 4. The molecule has 0 aliphatic carbocycles. The second-order valence-corrected chi connectivity index (χ2v) is 6.89. The third-order valence-corrected chi connectivity index (χ3v) is 4.39. The highest BCUT2D eigenvalue weighted by Gasteiger charge is 2.23. The number of anilines is 1. The summed E-state index contributed by atoms with van der Waals surface area (Å²) in [6, 6.07) is 3.45. The van der Waals surface area contributed by atoms with E-state index in [9.17, 15) is 8.42 Å². The van der Waals surface area contributed by atoms with Crippen molar-refractivity contribution in [2.75, 3.05) is 17.1 Å². The van der Waals surface area contributed by atoms with Crippen molar-refractivity contribution in [2.24, 2.45) is 0 Å². The smallest absolute Gasteiger partial charge is 0.236 e. The van der Waals surface area contributed by atoms with Gasteiger partial charge in [-0.15, -0.1) is 0 Å². The molecular formula is C10H13IN2O3S. The number of hydrogen-bond donors (Lipinski definition) is 1. The molecule has 1 aliphatic heterocycles. The fourth-order valence-corrected chi connectivity index (χ4v) is 3.25. The van der Waals surface area contributed by atoms with E-state index < -0.39 is 10.0 Å². The molecule has 0 radical (unpaired) electrons. The fraction of sp³-hybridized carbons (Fsp3) is 0.500. The molecule has 0 amide bonds. The quantitative estimate of drug-likeness (QED) is 0.820. The van der Waals surface area contributed by atoms with Crippen LogP contribution in [0.3, 0.4) is 0 Å². The van der Waals surface area contributed by atoms with Crippen LogP contribution in [0, 0.1) is 3.57 Å². The Balaban J connectivity index is 1.98. The lowest BCUT2D eigenvalue weighted by atomic mass is 10.3. The Labute approximate surface area is 114 Å². The average molecular weight is 368 g/mol. The molecular weight excluding hydrogens is 355 g/mol. The number of nitrogens with one attached hydrogen (secondary N) is 1. The van der Waals surface area contributed by atoms with E-state index in [0.29, 0.717) is 12.4 Å². The lowest BCUT2D eigenvalue weighted by Gasteiger charge is -2.11. The largest absolute Gasteiger partial charge is 0.377 e. The molecule has 5 nitrogen and oxygen atoms in total. The zero-order valence-corrected chi connectivity index (χ0v) is 12.1. The van der Waals surface area contributed by atoms with Gasteiger partial charge in [-0.3, -0.25) is 4.72 Å². The van der Waals surface area contributed by atoms with Crippen LogP contribution in [0.5, 0.6) is 0 Å². The first-order valence-electron chi connectivity index (χ1n) is 5.29. The second kappa shape index (κ2) is 5.49. The van der Waals surface area contributed by atoms with Crippen LogP contribution in [-0.4, -0.2) is 31.9 Å². The van der Waals surface area contributed by atoms with E-state index in [4.69, 9.17) is 4.74 Å². The Morgan fingerprint density at radius 1 is 1.53 bits per heavy atom. The number of ether oxygens (including phenoxy) is 1. The van der Waals surface area contributed by atoms with Crippen LogP contribution < -0.4 is 4.72 Å². The van der Waals surface area contributed by atoms with E-state index in [1.54, 1.807) is 18.3 Å². The summed E-state index contributed by atoms with van der Waals surface area (Å²) in [6.45, 7) is 0.655. The zero-order chi connectivity index (χ0) is 12.3. The molecule has 7 heteroatoms. The summed E-state index contributed by atoms with van der Waals surface area (Å²) < 4.78 is 32.3. The van der Waals surface area contributed by atoms with E-state index >= 15 is 0 Å². The highest BCUT2D eigenvalue weighted by atomic mass is 127. The van der Waals surface area contributed by atoms with Crippen LogP contribution in [0.2, 0.25) is 0 Å². The van der Waals surface area contributed by atoms with E-state index in [1.165, 1.54) is 0 Å². The van der Waals surface area contributed by atoms with Crippen LogP contribution in [0.4, 0.5) is 5.82 Å². The van der Waals surface area contributed by atoms with Crippen molar-refractivity contribution in [2.45, 2.75) is 18.9 Å². The number of sulfonamides is 1. The van der Waals surface area contributed by atoms with Crippen molar-refractivity contribution in [3.63, 3.8) is 0 Å². The Kier molecular flexibility index (Phi) is 4.21. The molecule has 1 unspecified atom stereocenters. The normalized spacial score (nSPS) is 20.4. The lowest BCUT2D eigenvalue weighted by molar-refractivity contribution is 0.127. The maximum absolute atomic E-state index is 11.8. The SMILES string of the molecule is O=S(=O)(CC1CCCO1)Nc1ccc(I)cn1. The summed E-state index contributed by atoms with van der Waals surface area (Å²) in [5.41, 5.74) is 0. The summed E-state index contributed by atoms with van der Waals surface area (Å²) in [6.07, 6.45) is 3.17. The minimum Gasteiger partial charge on any atom is -0.377 e. The van der Waals surface area contributed by atoms with E-state index in [-0.39, 0.29) is 11.9 Å². The summed E-state index contributed by atoms with van der Waals surface area (Å²) in [5.74, 6) is 0.351. The minimum atomic E-state index is -3.37. The van der Waals surface area contributed by atoms with Gasteiger partial charge >= 0.3 is 0 Å². The second-order valence-electron chi connectivity index (χ2n) is 3.88. The Morgan fingerprint density at radius 3 is 2.94 bits per heavy atom. The predicted octanol–water partition coefficient (Wildman–Crippen LogP) is 1.61. The number of halogens is 1. The molecule has 1 saturated heterocycles. The molecule has 0 aromatic carbocycles. The van der Waals surface area contributed by atoms with Crippen molar-refractivity contribution >= 4 is 38.4 Å². The molecule has 1 N–H and O–H groups in total. The fourth-order valence-electron chi connectivity index (χ4n) is 1.66. The van der Waals surface area contributed by atoms with Gasteiger partial charge in [0.15, 0.2) is 0 Å². The van der Waals surface area contributed by atoms with Gasteiger partial charge in [-0.05, 0) is 47.6 Å². The lowest BCUT2D eigenvalue weighted by Crippen LogP contribution is -2.26. The van der Waals surface area contributed by atoms with Gasteiger partial charge in [0.1, 0.15) is 5.82 Å². The molecule has 0 bridgehead atoms. The van der Waals surface area contributed by atoms with Gasteiger partial charge in [-0.2, -0.15) is 0 Å². The Morgan fingerprint density at radius 2 is 2.35 bits per heavy atom. The molecule has 1 aromatic rings. The van der Waals surface area contributed by atoms with Crippen molar-refractivity contribution in [1.29, 1.82) is 0 Å². The summed E-state index contributed by atoms with van der Waals surface area (Å²) in [7, 11) is -3.37. The van der Waals surface area contributed by atoms with Crippen LogP contribution in [-0.2, 0) is 14.8 Å². The summed E-state index contributed by atoms with van der Waals surface area (Å²) in [4.78, 5) is 4.00. The van der Waals surface area contributed by atoms with Crippen LogP contribution in [0.25, 0.3) is 0 Å². The van der Waals surface area contributed by atoms with E-state index in [1.807, 2.05) is 0 Å². The number of pyridine rings is 1. The van der Waals surface area contributed by atoms with Crippen LogP contribution >= 0.6 is 22.6 Å². The summed E-state index contributed by atoms with van der Waals surface area (Å²) in [5, 5.41) is 0. The van der Waals surface area contributed by atoms with Gasteiger partial charge in [0, 0.05) is 16.4 Å². The molecule has 1 aliphatic rings. The third-order valence-electron chi connectivity index (χ3n) is 2.42. The van der Waals surface area contributed by atoms with Crippen LogP contribution in [0.1, 0.15) is 12.8 Å². The van der Waals surface area contributed by atoms with E-state index in [0.717, 1.165) is 16.4 Å². The molecule has 1 fully saturated rings. The highest BCUT2D eigenvalue weighted by Crippen LogP contribution is 2.15. The topological polar surface area (TPSA) is 68.3 Å². The van der Waals surface area contributed by atoms with Crippen molar-refractivity contribution in [3.8, 4) is 0 Å². The molecule has 2 rings (SSSR count). The summed E-state index contributed by atoms with van der Waals surface area (Å²) >= 11 is 2.11. The Hall–Kier alpha value is -0.410. The number of hydrogen-bond acceptors (Lipinski definition) is 4. The first-order valence-corrected chi connectivity index (χ1v) is 8.02. The van der Waals surface area contributed by atoms with Crippen LogP contribution in [0.15, 0.2) is 18.3 Å². The van der Waals surface area contributed by atoms with Gasteiger partial charge in [0.05, 0.1) is 11.9 Å². The molecule has 0 spiro atoms. The van der Waals surface area contributed by atoms with Crippen molar-refractivity contribution in [1.82, 2.24) is 4.98 Å². The van der Waals surface area contributed by atoms with Crippen molar-refractivity contribution < 1.29 is 13.2 Å². The highest BCUT2D eigenvalue weighted by molar-refractivity contribution is 14.1. The molecule has 94 valence electrons. The maximum atomic E-state index is 11.8. The molecule has 17 heavy (non-hydrogen) atoms. The van der Waals surface area contributed by atoms with Gasteiger partial charge < -0.3 is 4.74 Å². The standard InChI is InChI=1S/C10H13IN2O3S/c11-8-3-4-10(12-6-8)13-17(14,15)7-9-2-1-5-16-9/h3-4,6,9H,1-2,5,7H2,(H,12,13). The Bertz CT molecular complexity index is 469. The number of aromatic nitrogens is 1. The monoisotopic (exact) mass is 368 g/mol. The van der Waals surface area contributed by atoms with Gasteiger partial charge in [-0.1, -0.05) is 0 Å². The number of nitrogens with zero attached hydrogens (tertiary/aromatic N) is 1. The first kappa shape index (κ1) is 13.0. The average Bonchev–Trinajstić information content (AvgIpc) is 2.73. The first-order chi connectivity index (χ1) is 8.05. The van der Waals surface area contributed by atoms with Gasteiger partial charge in [0.2, 0.25) is 10.0 Å². The van der Waals surface area contributed by atoms with E-state index in [2.05, 4.69) is 32.3 Å². The molecule has 2 heterocycles. The van der Waals surface area contributed by atoms with Crippen molar-refractivity contribution in [3.05, 3.63) is 21.9 Å². The third kappa shape index (κ3) is 4.07. The molecule has 1 aromatic heterocycles.